The number of amides is 2. The summed E-state index contributed by atoms with van der Waals surface area (Å²) in [5, 5.41) is 2.84. The van der Waals surface area contributed by atoms with Crippen LogP contribution < -0.4 is 5.32 Å². The molecule has 0 spiro atoms. The number of hydrogen-bond donors (Lipinski definition) is 1. The summed E-state index contributed by atoms with van der Waals surface area (Å²) >= 11 is 0. The van der Waals surface area contributed by atoms with E-state index >= 15 is 0 Å². The van der Waals surface area contributed by atoms with Gasteiger partial charge in [0.15, 0.2) is 0 Å². The van der Waals surface area contributed by atoms with Crippen LogP contribution in [0.15, 0.2) is 0 Å². The smallest absolute Gasteiger partial charge is 0.246 e. The lowest BCUT2D eigenvalue weighted by Gasteiger charge is -2.39. The molecule has 1 aliphatic heterocycles. The topological polar surface area (TPSA) is 58.6 Å². The SMILES string of the molecule is CCOCCCN1C(=O)C(C(C)CC)NC(=O)C1C. The maximum absolute atomic E-state index is 12.4. The monoisotopic (exact) mass is 270 g/mol. The van der Waals surface area contributed by atoms with Gasteiger partial charge >= 0.3 is 0 Å². The van der Waals surface area contributed by atoms with Crippen LogP contribution in [-0.4, -0.2) is 48.6 Å². The first kappa shape index (κ1) is 16.0. The molecule has 1 saturated heterocycles. The number of nitrogens with zero attached hydrogens (tertiary/aromatic N) is 1. The first-order valence-corrected chi connectivity index (χ1v) is 7.21. The van der Waals surface area contributed by atoms with Crippen LogP contribution in [0.3, 0.4) is 0 Å². The Balaban J connectivity index is 2.64. The predicted octanol–water partition coefficient (Wildman–Crippen LogP) is 1.17. The molecule has 0 saturated carbocycles. The van der Waals surface area contributed by atoms with Crippen LogP contribution in [0.25, 0.3) is 0 Å². The lowest BCUT2D eigenvalue weighted by atomic mass is 9.94. The van der Waals surface area contributed by atoms with Gasteiger partial charge in [0, 0.05) is 19.8 Å². The minimum atomic E-state index is -0.380. The van der Waals surface area contributed by atoms with Gasteiger partial charge in [-0.15, -0.1) is 0 Å². The average Bonchev–Trinajstić information content (AvgIpc) is 2.41. The molecule has 3 atom stereocenters. The van der Waals surface area contributed by atoms with Crippen LogP contribution >= 0.6 is 0 Å². The van der Waals surface area contributed by atoms with Gasteiger partial charge in [-0.3, -0.25) is 9.59 Å². The number of rotatable bonds is 7. The number of piperazine rings is 1. The van der Waals surface area contributed by atoms with Gasteiger partial charge < -0.3 is 15.0 Å². The van der Waals surface area contributed by atoms with E-state index in [-0.39, 0.29) is 29.8 Å². The zero-order valence-corrected chi connectivity index (χ0v) is 12.4. The molecule has 0 aromatic rings. The van der Waals surface area contributed by atoms with Crippen molar-refractivity contribution in [2.24, 2.45) is 5.92 Å². The fraction of sp³-hybridized carbons (Fsp3) is 0.857. The normalized spacial score (nSPS) is 25.4. The summed E-state index contributed by atoms with van der Waals surface area (Å²) in [6, 6.07) is -0.754. The summed E-state index contributed by atoms with van der Waals surface area (Å²) in [6.45, 7) is 9.64. The van der Waals surface area contributed by atoms with Gasteiger partial charge in [0.25, 0.3) is 0 Å². The van der Waals surface area contributed by atoms with E-state index in [0.717, 1.165) is 12.8 Å². The molecule has 0 bridgehead atoms. The molecule has 0 aliphatic carbocycles. The second kappa shape index (κ2) is 7.48. The summed E-state index contributed by atoms with van der Waals surface area (Å²) < 4.78 is 5.28. The summed E-state index contributed by atoms with van der Waals surface area (Å²) in [7, 11) is 0. The second-order valence-electron chi connectivity index (χ2n) is 5.13. The largest absolute Gasteiger partial charge is 0.382 e. The van der Waals surface area contributed by atoms with E-state index in [1.807, 2.05) is 20.8 Å². The third kappa shape index (κ3) is 3.93. The molecule has 5 nitrogen and oxygen atoms in total. The van der Waals surface area contributed by atoms with Crippen LogP contribution in [0.5, 0.6) is 0 Å². The molecule has 110 valence electrons. The molecule has 1 heterocycles. The van der Waals surface area contributed by atoms with Crippen molar-refractivity contribution in [3.8, 4) is 0 Å². The molecule has 1 aliphatic rings. The standard InChI is InChI=1S/C14H26N2O3/c1-5-10(3)12-14(18)16(8-7-9-19-6-2)11(4)13(17)15-12/h10-12H,5-9H2,1-4H3,(H,15,17). The molecular weight excluding hydrogens is 244 g/mol. The van der Waals surface area contributed by atoms with Gasteiger partial charge in [0.2, 0.25) is 11.8 Å². The third-order valence-electron chi connectivity index (χ3n) is 3.80. The Labute approximate surface area is 115 Å². The van der Waals surface area contributed by atoms with Crippen molar-refractivity contribution in [2.45, 2.75) is 52.6 Å². The van der Waals surface area contributed by atoms with E-state index < -0.39 is 0 Å². The van der Waals surface area contributed by atoms with Crippen molar-refractivity contribution in [2.75, 3.05) is 19.8 Å². The van der Waals surface area contributed by atoms with E-state index in [9.17, 15) is 9.59 Å². The number of carbonyl (C=O) groups excluding carboxylic acids is 2. The van der Waals surface area contributed by atoms with E-state index in [1.165, 1.54) is 0 Å². The van der Waals surface area contributed by atoms with Crippen molar-refractivity contribution in [3.05, 3.63) is 0 Å². The van der Waals surface area contributed by atoms with E-state index in [1.54, 1.807) is 11.8 Å². The molecule has 1 fully saturated rings. The Kier molecular flexibility index (Phi) is 6.28. The van der Waals surface area contributed by atoms with Gasteiger partial charge in [0.05, 0.1) is 0 Å². The predicted molar refractivity (Wildman–Crippen MR) is 73.7 cm³/mol. The van der Waals surface area contributed by atoms with Crippen molar-refractivity contribution in [3.63, 3.8) is 0 Å². The minimum absolute atomic E-state index is 0.0398. The van der Waals surface area contributed by atoms with E-state index in [4.69, 9.17) is 4.74 Å². The first-order valence-electron chi connectivity index (χ1n) is 7.21. The summed E-state index contributed by atoms with van der Waals surface area (Å²) in [5.41, 5.74) is 0. The molecule has 3 unspecified atom stereocenters. The Bertz CT molecular complexity index is 320. The van der Waals surface area contributed by atoms with Crippen LogP contribution in [-0.2, 0) is 14.3 Å². The lowest BCUT2D eigenvalue weighted by molar-refractivity contribution is -0.150. The van der Waals surface area contributed by atoms with Crippen LogP contribution in [0.1, 0.15) is 40.5 Å². The molecule has 0 radical (unpaired) electrons. The average molecular weight is 270 g/mol. The van der Waals surface area contributed by atoms with Gasteiger partial charge in [-0.1, -0.05) is 20.3 Å². The van der Waals surface area contributed by atoms with Crippen LogP contribution in [0, 0.1) is 5.92 Å². The second-order valence-corrected chi connectivity index (χ2v) is 5.13. The Morgan fingerprint density at radius 1 is 1.37 bits per heavy atom. The highest BCUT2D eigenvalue weighted by molar-refractivity contribution is 5.96. The molecule has 19 heavy (non-hydrogen) atoms. The highest BCUT2D eigenvalue weighted by Crippen LogP contribution is 2.17. The van der Waals surface area contributed by atoms with Gasteiger partial charge in [-0.25, -0.2) is 0 Å². The quantitative estimate of drug-likeness (QED) is 0.707. The maximum atomic E-state index is 12.4. The molecule has 1 rings (SSSR count). The van der Waals surface area contributed by atoms with Gasteiger partial charge in [-0.05, 0) is 26.2 Å². The minimum Gasteiger partial charge on any atom is -0.382 e. The lowest BCUT2D eigenvalue weighted by Crippen LogP contribution is -2.64. The van der Waals surface area contributed by atoms with E-state index in [2.05, 4.69) is 5.32 Å². The van der Waals surface area contributed by atoms with Gasteiger partial charge in [-0.2, -0.15) is 0 Å². The van der Waals surface area contributed by atoms with Crippen LogP contribution in [0.4, 0.5) is 0 Å². The summed E-state index contributed by atoms with van der Waals surface area (Å²) in [5.74, 6) is 0.151. The molecule has 0 aromatic heterocycles. The van der Waals surface area contributed by atoms with Crippen LogP contribution in [0.2, 0.25) is 0 Å². The molecule has 2 amide bonds. The number of hydrogen-bond acceptors (Lipinski definition) is 3. The number of nitrogens with one attached hydrogen (secondary N) is 1. The first-order chi connectivity index (χ1) is 9.02. The molecule has 0 aromatic carbocycles. The van der Waals surface area contributed by atoms with Crippen molar-refractivity contribution >= 4 is 11.8 Å². The van der Waals surface area contributed by atoms with Crippen molar-refractivity contribution < 1.29 is 14.3 Å². The van der Waals surface area contributed by atoms with Gasteiger partial charge in [0.1, 0.15) is 12.1 Å². The number of ether oxygens (including phenoxy) is 1. The van der Waals surface area contributed by atoms with Crippen molar-refractivity contribution in [1.82, 2.24) is 10.2 Å². The van der Waals surface area contributed by atoms with Crippen molar-refractivity contribution in [1.29, 1.82) is 0 Å². The third-order valence-corrected chi connectivity index (χ3v) is 3.80. The fourth-order valence-electron chi connectivity index (χ4n) is 2.25. The summed E-state index contributed by atoms with van der Waals surface area (Å²) in [4.78, 5) is 26.0. The Morgan fingerprint density at radius 3 is 2.63 bits per heavy atom. The van der Waals surface area contributed by atoms with E-state index in [0.29, 0.717) is 19.8 Å². The highest BCUT2D eigenvalue weighted by Gasteiger charge is 2.39. The Hall–Kier alpha value is -1.10. The maximum Gasteiger partial charge on any atom is 0.246 e. The Morgan fingerprint density at radius 2 is 2.05 bits per heavy atom. The zero-order chi connectivity index (χ0) is 14.4. The summed E-state index contributed by atoms with van der Waals surface area (Å²) in [6.07, 6.45) is 1.64. The molecule has 5 heteroatoms. The molecule has 1 N–H and O–H groups in total. The zero-order valence-electron chi connectivity index (χ0n) is 12.4. The molecular formula is C14H26N2O3. The highest BCUT2D eigenvalue weighted by atomic mass is 16.5. The fourth-order valence-corrected chi connectivity index (χ4v) is 2.25. The number of carbonyl (C=O) groups is 2.